The van der Waals surface area contributed by atoms with Crippen LogP contribution in [-0.4, -0.2) is 55.2 Å². The quantitative estimate of drug-likeness (QED) is 0.285. The van der Waals surface area contributed by atoms with Crippen LogP contribution in [0.25, 0.3) is 0 Å². The fourth-order valence-corrected chi connectivity index (χ4v) is 5.21. The molecule has 0 bridgehead atoms. The molecule has 4 rings (SSSR count). The Kier molecular flexibility index (Phi) is 6.72. The van der Waals surface area contributed by atoms with Crippen LogP contribution in [0.15, 0.2) is 70.9 Å². The maximum Gasteiger partial charge on any atom is 0.339 e. The lowest BCUT2D eigenvalue weighted by Gasteiger charge is -2.34. The first-order valence-electron chi connectivity index (χ1n) is 10.1. The molecule has 1 fully saturated rings. The van der Waals surface area contributed by atoms with E-state index in [1.165, 1.54) is 47.3 Å². The first-order chi connectivity index (χ1) is 15.8. The third kappa shape index (κ3) is 5.56. The van der Waals surface area contributed by atoms with Crippen LogP contribution in [-0.2, 0) is 16.7 Å². The van der Waals surface area contributed by atoms with Gasteiger partial charge in [0.1, 0.15) is 10.6 Å². The lowest BCUT2D eigenvalue weighted by atomic mass is 10.1. The van der Waals surface area contributed by atoms with Crippen molar-refractivity contribution in [3.05, 3.63) is 86.6 Å². The van der Waals surface area contributed by atoms with E-state index in [-0.39, 0.29) is 22.2 Å². The summed E-state index contributed by atoms with van der Waals surface area (Å²) in [5, 5.41) is 12.9. The second kappa shape index (κ2) is 9.69. The maximum atomic E-state index is 12.8. The summed E-state index contributed by atoms with van der Waals surface area (Å²) < 4.78 is 30.0. The molecule has 0 aliphatic carbocycles. The Morgan fingerprint density at radius 1 is 1.03 bits per heavy atom. The van der Waals surface area contributed by atoms with Crippen LogP contribution in [0.4, 0.5) is 5.69 Å². The van der Waals surface area contributed by atoms with Crippen molar-refractivity contribution in [1.29, 1.82) is 0 Å². The summed E-state index contributed by atoms with van der Waals surface area (Å²) in [5.74, 6) is -0.113. The molecule has 1 aliphatic rings. The number of nitro groups is 1. The zero-order chi connectivity index (χ0) is 23.4. The molecular formula is C22H21N3O6S2. The highest BCUT2D eigenvalue weighted by Gasteiger charge is 2.23. The number of thiophene rings is 1. The zero-order valence-electron chi connectivity index (χ0n) is 17.5. The number of carbonyl (C=O) groups excluding carboxylic acids is 1. The fraction of sp³-hybridized carbons (Fsp3) is 0.227. The Morgan fingerprint density at radius 2 is 1.76 bits per heavy atom. The van der Waals surface area contributed by atoms with Gasteiger partial charge in [-0.3, -0.25) is 19.8 Å². The highest BCUT2D eigenvalue weighted by molar-refractivity contribution is 7.87. The molecule has 1 aromatic heterocycles. The van der Waals surface area contributed by atoms with Gasteiger partial charge in [0.25, 0.3) is 11.6 Å². The monoisotopic (exact) mass is 487 g/mol. The number of amides is 1. The fourth-order valence-electron chi connectivity index (χ4n) is 3.50. The lowest BCUT2D eigenvalue weighted by molar-refractivity contribution is -0.385. The van der Waals surface area contributed by atoms with E-state index in [2.05, 4.69) is 16.3 Å². The molecule has 0 radical (unpaired) electrons. The van der Waals surface area contributed by atoms with Gasteiger partial charge < -0.3 is 9.08 Å². The molecular weight excluding hydrogens is 466 g/mol. The second-order valence-electron chi connectivity index (χ2n) is 7.46. The van der Waals surface area contributed by atoms with E-state index < -0.39 is 15.0 Å². The minimum Gasteiger partial charge on any atom is -0.379 e. The molecule has 1 aliphatic heterocycles. The Labute approximate surface area is 195 Å². The van der Waals surface area contributed by atoms with E-state index >= 15 is 0 Å². The van der Waals surface area contributed by atoms with Crippen molar-refractivity contribution in [2.75, 3.05) is 26.2 Å². The second-order valence-corrected chi connectivity index (χ2v) is 10.0. The van der Waals surface area contributed by atoms with E-state index in [1.807, 2.05) is 6.07 Å². The molecule has 0 atom stereocenters. The number of non-ortho nitro benzene ring substituents is 1. The van der Waals surface area contributed by atoms with Crippen molar-refractivity contribution < 1.29 is 22.3 Å². The van der Waals surface area contributed by atoms with Crippen LogP contribution in [0.5, 0.6) is 5.75 Å². The average molecular weight is 488 g/mol. The number of nitro benzene ring substituents is 1. The van der Waals surface area contributed by atoms with Gasteiger partial charge in [-0.25, -0.2) is 0 Å². The largest absolute Gasteiger partial charge is 0.379 e. The smallest absolute Gasteiger partial charge is 0.339 e. The standard InChI is InChI=1S/C22H21N3O6S2/c26-22(24-12-10-23(11-13-24)16-20-4-2-14-32-20)17-6-8-19(9-7-17)31-33(29,30)21-5-1-3-18(15-21)25(27)28/h1-9,14-15H,10-13,16H2. The molecule has 1 saturated heterocycles. The number of rotatable bonds is 7. The van der Waals surface area contributed by atoms with E-state index in [4.69, 9.17) is 4.18 Å². The summed E-state index contributed by atoms with van der Waals surface area (Å²) in [5.41, 5.74) is 0.0814. The van der Waals surface area contributed by atoms with Crippen molar-refractivity contribution in [2.45, 2.75) is 11.4 Å². The summed E-state index contributed by atoms with van der Waals surface area (Å²) in [4.78, 5) is 28.1. The third-order valence-electron chi connectivity index (χ3n) is 5.24. The van der Waals surface area contributed by atoms with E-state index in [0.717, 1.165) is 25.7 Å². The first kappa shape index (κ1) is 22.9. The van der Waals surface area contributed by atoms with Gasteiger partial charge in [-0.15, -0.1) is 11.3 Å². The van der Waals surface area contributed by atoms with Gasteiger partial charge in [0.05, 0.1) is 4.92 Å². The summed E-state index contributed by atoms with van der Waals surface area (Å²) >= 11 is 1.72. The molecule has 9 nitrogen and oxygen atoms in total. The predicted molar refractivity (Wildman–Crippen MR) is 123 cm³/mol. The van der Waals surface area contributed by atoms with Crippen LogP contribution in [0.2, 0.25) is 0 Å². The first-order valence-corrected chi connectivity index (χ1v) is 12.4. The van der Waals surface area contributed by atoms with Crippen LogP contribution in [0.1, 0.15) is 15.2 Å². The number of carbonyl (C=O) groups is 1. The Bertz CT molecular complexity index is 1240. The molecule has 11 heteroatoms. The molecule has 3 aromatic rings. The summed E-state index contributed by atoms with van der Waals surface area (Å²) in [6.45, 7) is 3.68. The summed E-state index contributed by atoms with van der Waals surface area (Å²) in [6, 6.07) is 14.6. The third-order valence-corrected chi connectivity index (χ3v) is 7.35. The minimum absolute atomic E-state index is 0.0128. The number of hydrogen-bond donors (Lipinski definition) is 0. The van der Waals surface area contributed by atoms with Crippen molar-refractivity contribution >= 4 is 33.0 Å². The molecule has 2 aromatic carbocycles. The molecule has 0 unspecified atom stereocenters. The highest BCUT2D eigenvalue weighted by Crippen LogP contribution is 2.23. The van der Waals surface area contributed by atoms with Gasteiger partial charge in [-0.1, -0.05) is 12.1 Å². The number of nitrogens with zero attached hydrogens (tertiary/aromatic N) is 3. The Balaban J connectivity index is 1.36. The Morgan fingerprint density at radius 3 is 2.39 bits per heavy atom. The summed E-state index contributed by atoms with van der Waals surface area (Å²) in [6.07, 6.45) is 0. The van der Waals surface area contributed by atoms with Crippen LogP contribution in [0.3, 0.4) is 0 Å². The topological polar surface area (TPSA) is 110 Å². The molecule has 2 heterocycles. The predicted octanol–water partition coefficient (Wildman–Crippen LogP) is 3.38. The Hall–Kier alpha value is -3.28. The number of benzene rings is 2. The lowest BCUT2D eigenvalue weighted by Crippen LogP contribution is -2.48. The van der Waals surface area contributed by atoms with Crippen LogP contribution in [0, 0.1) is 10.1 Å². The van der Waals surface area contributed by atoms with Crippen LogP contribution < -0.4 is 4.18 Å². The molecule has 0 N–H and O–H groups in total. The van der Waals surface area contributed by atoms with E-state index in [9.17, 15) is 23.3 Å². The molecule has 0 saturated carbocycles. The normalized spacial score (nSPS) is 14.7. The van der Waals surface area contributed by atoms with E-state index in [1.54, 1.807) is 16.2 Å². The number of piperazine rings is 1. The molecule has 0 spiro atoms. The zero-order valence-corrected chi connectivity index (χ0v) is 19.1. The molecule has 1 amide bonds. The van der Waals surface area contributed by atoms with Gasteiger partial charge in [0.15, 0.2) is 0 Å². The minimum atomic E-state index is -4.26. The van der Waals surface area contributed by atoms with Crippen LogP contribution >= 0.6 is 11.3 Å². The van der Waals surface area contributed by atoms with Gasteiger partial charge >= 0.3 is 10.1 Å². The van der Waals surface area contributed by atoms with Crippen molar-refractivity contribution in [1.82, 2.24) is 9.80 Å². The average Bonchev–Trinajstić information content (AvgIpc) is 3.32. The number of hydrogen-bond acceptors (Lipinski definition) is 8. The maximum absolute atomic E-state index is 12.8. The van der Waals surface area contributed by atoms with Gasteiger partial charge in [-0.2, -0.15) is 8.42 Å². The van der Waals surface area contributed by atoms with Crippen molar-refractivity contribution in [3.8, 4) is 5.75 Å². The SMILES string of the molecule is O=C(c1ccc(OS(=O)(=O)c2cccc([N+](=O)[O-])c2)cc1)N1CCN(Cc2cccs2)CC1. The summed E-state index contributed by atoms with van der Waals surface area (Å²) in [7, 11) is -4.26. The van der Waals surface area contributed by atoms with Gasteiger partial charge in [-0.05, 0) is 41.8 Å². The van der Waals surface area contributed by atoms with E-state index in [0.29, 0.717) is 18.7 Å². The van der Waals surface area contributed by atoms with Crippen molar-refractivity contribution in [3.63, 3.8) is 0 Å². The molecule has 172 valence electrons. The van der Waals surface area contributed by atoms with Crippen molar-refractivity contribution in [2.24, 2.45) is 0 Å². The molecule has 33 heavy (non-hydrogen) atoms. The van der Waals surface area contributed by atoms with Gasteiger partial charge in [0.2, 0.25) is 0 Å². The highest BCUT2D eigenvalue weighted by atomic mass is 32.2. The van der Waals surface area contributed by atoms with Gasteiger partial charge in [0, 0.05) is 55.3 Å².